The largest absolute Gasteiger partial charge is 0.411 e. The zero-order valence-electron chi connectivity index (χ0n) is 16.7. The summed E-state index contributed by atoms with van der Waals surface area (Å²) in [4.78, 5) is 6.79. The molecule has 0 spiro atoms. The standard InChI is InChI=1S/C18H33F3N4O2.HI/c1-22-16(23-8-5-11-27-15-18(19,20)21)24-14-17(6-3-2-4-7-17)25-9-12-26-13-10-25;/h2-15H2,1H3,(H2,22,23,24);1H. The molecule has 166 valence electrons. The molecular formula is C18H34F3IN4O2. The van der Waals surface area contributed by atoms with Crippen LogP contribution in [0.3, 0.4) is 0 Å². The molecular weight excluding hydrogens is 488 g/mol. The van der Waals surface area contributed by atoms with E-state index in [0.717, 1.165) is 32.8 Å². The highest BCUT2D eigenvalue weighted by Gasteiger charge is 2.38. The molecule has 0 aromatic rings. The third-order valence-electron chi connectivity index (χ3n) is 5.30. The first-order valence-electron chi connectivity index (χ1n) is 9.87. The summed E-state index contributed by atoms with van der Waals surface area (Å²) in [5.74, 6) is 0.684. The molecule has 1 aliphatic heterocycles. The Labute approximate surface area is 183 Å². The lowest BCUT2D eigenvalue weighted by molar-refractivity contribution is -0.173. The van der Waals surface area contributed by atoms with E-state index in [0.29, 0.717) is 18.9 Å². The number of nitrogens with one attached hydrogen (secondary N) is 2. The van der Waals surface area contributed by atoms with E-state index < -0.39 is 12.8 Å². The van der Waals surface area contributed by atoms with Crippen LogP contribution in [0.25, 0.3) is 0 Å². The van der Waals surface area contributed by atoms with Gasteiger partial charge < -0.3 is 20.1 Å². The summed E-state index contributed by atoms with van der Waals surface area (Å²) in [7, 11) is 1.71. The third kappa shape index (κ3) is 9.00. The number of alkyl halides is 3. The molecule has 1 aliphatic carbocycles. The van der Waals surface area contributed by atoms with Crippen molar-refractivity contribution in [3.8, 4) is 0 Å². The number of nitrogens with zero attached hydrogens (tertiary/aromatic N) is 2. The van der Waals surface area contributed by atoms with Crippen molar-refractivity contribution in [2.24, 2.45) is 4.99 Å². The van der Waals surface area contributed by atoms with Crippen LogP contribution in [0.4, 0.5) is 13.2 Å². The van der Waals surface area contributed by atoms with Gasteiger partial charge in [-0.05, 0) is 19.3 Å². The Morgan fingerprint density at radius 3 is 2.43 bits per heavy atom. The first-order valence-corrected chi connectivity index (χ1v) is 9.87. The summed E-state index contributed by atoms with van der Waals surface area (Å²) in [6, 6.07) is 0. The number of guanidine groups is 1. The quantitative estimate of drug-likeness (QED) is 0.222. The number of halogens is 4. The molecule has 2 fully saturated rings. The second-order valence-electron chi connectivity index (χ2n) is 7.26. The smallest absolute Gasteiger partial charge is 0.379 e. The fourth-order valence-corrected chi connectivity index (χ4v) is 3.89. The van der Waals surface area contributed by atoms with Crippen molar-refractivity contribution in [2.75, 3.05) is 59.7 Å². The topological polar surface area (TPSA) is 58.1 Å². The predicted molar refractivity (Wildman–Crippen MR) is 114 cm³/mol. The molecule has 0 bridgehead atoms. The van der Waals surface area contributed by atoms with Gasteiger partial charge in [0.15, 0.2) is 5.96 Å². The van der Waals surface area contributed by atoms with Gasteiger partial charge in [-0.1, -0.05) is 19.3 Å². The minimum absolute atomic E-state index is 0. The summed E-state index contributed by atoms with van der Waals surface area (Å²) in [5.41, 5.74) is 0.134. The van der Waals surface area contributed by atoms with Gasteiger partial charge in [-0.15, -0.1) is 24.0 Å². The molecule has 0 aromatic carbocycles. The van der Waals surface area contributed by atoms with E-state index in [4.69, 9.17) is 4.74 Å². The Kier molecular flexibility index (Phi) is 12.0. The molecule has 10 heteroatoms. The monoisotopic (exact) mass is 522 g/mol. The fourth-order valence-electron chi connectivity index (χ4n) is 3.89. The van der Waals surface area contributed by atoms with E-state index in [9.17, 15) is 13.2 Å². The van der Waals surface area contributed by atoms with Crippen molar-refractivity contribution in [3.63, 3.8) is 0 Å². The number of morpholine rings is 1. The van der Waals surface area contributed by atoms with Gasteiger partial charge in [0.1, 0.15) is 6.61 Å². The fraction of sp³-hybridized carbons (Fsp3) is 0.944. The maximum atomic E-state index is 12.0. The Morgan fingerprint density at radius 1 is 1.14 bits per heavy atom. The SMILES string of the molecule is CN=C(NCCCOCC(F)(F)F)NCC1(N2CCOCC2)CCCCC1.I. The maximum Gasteiger partial charge on any atom is 0.411 e. The highest BCUT2D eigenvalue weighted by molar-refractivity contribution is 14.0. The number of hydrogen-bond acceptors (Lipinski definition) is 4. The molecule has 0 aromatic heterocycles. The van der Waals surface area contributed by atoms with Crippen molar-refractivity contribution >= 4 is 29.9 Å². The highest BCUT2D eigenvalue weighted by atomic mass is 127. The van der Waals surface area contributed by atoms with Crippen LogP contribution in [0.1, 0.15) is 38.5 Å². The molecule has 0 atom stereocenters. The molecule has 0 radical (unpaired) electrons. The van der Waals surface area contributed by atoms with Crippen molar-refractivity contribution in [1.29, 1.82) is 0 Å². The molecule has 2 rings (SSSR count). The Morgan fingerprint density at radius 2 is 1.82 bits per heavy atom. The van der Waals surface area contributed by atoms with Gasteiger partial charge in [0, 0.05) is 45.4 Å². The first kappa shape index (κ1) is 25.7. The number of ether oxygens (including phenoxy) is 2. The Bertz CT molecular complexity index is 455. The first-order chi connectivity index (χ1) is 13.0. The van der Waals surface area contributed by atoms with Gasteiger partial charge >= 0.3 is 6.18 Å². The third-order valence-corrected chi connectivity index (χ3v) is 5.30. The van der Waals surface area contributed by atoms with Crippen LogP contribution in [0, 0.1) is 0 Å². The number of hydrogen-bond donors (Lipinski definition) is 2. The molecule has 1 saturated heterocycles. The number of aliphatic imine (C=N–C) groups is 1. The van der Waals surface area contributed by atoms with Gasteiger partial charge in [-0.2, -0.15) is 13.2 Å². The zero-order valence-corrected chi connectivity index (χ0v) is 19.0. The van der Waals surface area contributed by atoms with E-state index >= 15 is 0 Å². The van der Waals surface area contributed by atoms with Crippen LogP contribution in [-0.2, 0) is 9.47 Å². The van der Waals surface area contributed by atoms with Crippen molar-refractivity contribution in [3.05, 3.63) is 0 Å². The average molecular weight is 522 g/mol. The summed E-state index contributed by atoms with van der Waals surface area (Å²) in [6.45, 7) is 3.70. The second kappa shape index (κ2) is 13.1. The van der Waals surface area contributed by atoms with Crippen LogP contribution < -0.4 is 10.6 Å². The van der Waals surface area contributed by atoms with Gasteiger partial charge in [-0.25, -0.2) is 0 Å². The molecule has 0 amide bonds. The molecule has 2 aliphatic rings. The van der Waals surface area contributed by atoms with E-state index in [1.165, 1.54) is 32.1 Å². The minimum atomic E-state index is -4.27. The molecule has 1 heterocycles. The van der Waals surface area contributed by atoms with Crippen LogP contribution in [-0.4, -0.2) is 82.2 Å². The van der Waals surface area contributed by atoms with Gasteiger partial charge in [-0.3, -0.25) is 9.89 Å². The summed E-state index contributed by atoms with van der Waals surface area (Å²) in [5, 5.41) is 6.59. The van der Waals surface area contributed by atoms with Gasteiger partial charge in [0.25, 0.3) is 0 Å². The Hall–Kier alpha value is -0.330. The van der Waals surface area contributed by atoms with E-state index in [2.05, 4.69) is 25.3 Å². The van der Waals surface area contributed by atoms with Crippen LogP contribution in [0.15, 0.2) is 4.99 Å². The van der Waals surface area contributed by atoms with E-state index in [1.54, 1.807) is 7.05 Å². The van der Waals surface area contributed by atoms with Crippen molar-refractivity contribution in [2.45, 2.75) is 50.2 Å². The lowest BCUT2D eigenvalue weighted by atomic mass is 9.80. The van der Waals surface area contributed by atoms with Crippen LogP contribution >= 0.6 is 24.0 Å². The van der Waals surface area contributed by atoms with Crippen molar-refractivity contribution in [1.82, 2.24) is 15.5 Å². The molecule has 28 heavy (non-hydrogen) atoms. The highest BCUT2D eigenvalue weighted by Crippen LogP contribution is 2.33. The zero-order chi connectivity index (χ0) is 19.6. The summed E-state index contributed by atoms with van der Waals surface area (Å²) < 4.78 is 46.2. The second-order valence-corrected chi connectivity index (χ2v) is 7.26. The summed E-state index contributed by atoms with van der Waals surface area (Å²) >= 11 is 0. The summed E-state index contributed by atoms with van der Waals surface area (Å²) in [6.07, 6.45) is 2.33. The Balaban J connectivity index is 0.00000392. The van der Waals surface area contributed by atoms with Crippen LogP contribution in [0.5, 0.6) is 0 Å². The average Bonchev–Trinajstić information content (AvgIpc) is 2.67. The van der Waals surface area contributed by atoms with E-state index in [1.807, 2.05) is 0 Å². The number of rotatable bonds is 8. The normalized spacial score (nSPS) is 21.1. The van der Waals surface area contributed by atoms with Gasteiger partial charge in [0.2, 0.25) is 0 Å². The lowest BCUT2D eigenvalue weighted by Crippen LogP contribution is -2.60. The van der Waals surface area contributed by atoms with Crippen molar-refractivity contribution < 1.29 is 22.6 Å². The van der Waals surface area contributed by atoms with Gasteiger partial charge in [0.05, 0.1) is 13.2 Å². The molecule has 2 N–H and O–H groups in total. The minimum Gasteiger partial charge on any atom is -0.379 e. The predicted octanol–water partition coefficient (Wildman–Crippen LogP) is 2.77. The molecule has 0 unspecified atom stereocenters. The molecule has 6 nitrogen and oxygen atoms in total. The lowest BCUT2D eigenvalue weighted by Gasteiger charge is -2.48. The maximum absolute atomic E-state index is 12.0. The molecule has 1 saturated carbocycles. The van der Waals surface area contributed by atoms with E-state index in [-0.39, 0.29) is 36.1 Å². The van der Waals surface area contributed by atoms with Crippen LogP contribution in [0.2, 0.25) is 0 Å².